The summed E-state index contributed by atoms with van der Waals surface area (Å²) in [4.78, 5) is 27.4. The van der Waals surface area contributed by atoms with Crippen molar-refractivity contribution in [1.29, 1.82) is 0 Å². The number of primary sulfonamides is 1. The summed E-state index contributed by atoms with van der Waals surface area (Å²) in [5.41, 5.74) is 1.14. The quantitative estimate of drug-likeness (QED) is 0.614. The fraction of sp³-hybridized carbons (Fsp3) is 0.391. The topological polar surface area (TPSA) is 119 Å². The Morgan fingerprint density at radius 3 is 2.53 bits per heavy atom. The summed E-state index contributed by atoms with van der Waals surface area (Å²) < 4.78 is 29.2. The van der Waals surface area contributed by atoms with Crippen LogP contribution >= 0.6 is 0 Å². The van der Waals surface area contributed by atoms with Gasteiger partial charge in [-0.2, -0.15) is 0 Å². The van der Waals surface area contributed by atoms with E-state index in [2.05, 4.69) is 19.2 Å². The molecule has 9 heteroatoms. The number of fused-ring (bicyclic) bond motifs is 1. The van der Waals surface area contributed by atoms with Crippen LogP contribution in [-0.4, -0.2) is 27.0 Å². The minimum absolute atomic E-state index is 0.159. The van der Waals surface area contributed by atoms with E-state index < -0.39 is 28.1 Å². The molecule has 0 saturated heterocycles. The van der Waals surface area contributed by atoms with Gasteiger partial charge in [0.25, 0.3) is 5.91 Å². The molecular weight excluding hydrogens is 430 g/mol. The number of hydrogen-bond donors (Lipinski definition) is 2. The second kappa shape index (κ2) is 10.1. The lowest BCUT2D eigenvalue weighted by Crippen LogP contribution is -2.45. The molecule has 1 aliphatic heterocycles. The molecule has 1 heterocycles. The molecule has 8 nitrogen and oxygen atoms in total. The summed E-state index contributed by atoms with van der Waals surface area (Å²) in [6, 6.07) is 12.0. The van der Waals surface area contributed by atoms with Crippen molar-refractivity contribution in [3.05, 3.63) is 54.1 Å². The number of ether oxygens (including phenoxy) is 1. The lowest BCUT2D eigenvalue weighted by molar-refractivity contribution is -0.117. The zero-order valence-corrected chi connectivity index (χ0v) is 19.1. The number of rotatable bonds is 8. The van der Waals surface area contributed by atoms with Crippen LogP contribution in [0.1, 0.15) is 51.1 Å². The van der Waals surface area contributed by atoms with E-state index in [1.807, 2.05) is 6.07 Å². The molecule has 0 radical (unpaired) electrons. The van der Waals surface area contributed by atoms with E-state index in [0.29, 0.717) is 11.3 Å². The first-order valence-electron chi connectivity index (χ1n) is 10.7. The predicted molar refractivity (Wildman–Crippen MR) is 123 cm³/mol. The van der Waals surface area contributed by atoms with Crippen LogP contribution in [-0.2, 0) is 19.6 Å². The van der Waals surface area contributed by atoms with Crippen LogP contribution in [0.15, 0.2) is 53.4 Å². The molecule has 0 aliphatic carbocycles. The summed E-state index contributed by atoms with van der Waals surface area (Å²) in [5.74, 6) is -0.234. The van der Waals surface area contributed by atoms with E-state index in [4.69, 9.17) is 9.88 Å². The molecule has 0 spiro atoms. The van der Waals surface area contributed by atoms with Gasteiger partial charge in [-0.15, -0.1) is 0 Å². The van der Waals surface area contributed by atoms with Crippen molar-refractivity contribution in [1.82, 2.24) is 0 Å². The highest BCUT2D eigenvalue weighted by Gasteiger charge is 2.39. The van der Waals surface area contributed by atoms with Crippen LogP contribution in [0.25, 0.3) is 0 Å². The van der Waals surface area contributed by atoms with Gasteiger partial charge in [0.05, 0.1) is 22.9 Å². The number of nitrogens with one attached hydrogen (secondary N) is 1. The Hall–Kier alpha value is -2.91. The third kappa shape index (κ3) is 5.28. The van der Waals surface area contributed by atoms with Crippen LogP contribution < -0.4 is 15.4 Å². The van der Waals surface area contributed by atoms with E-state index in [1.165, 1.54) is 23.1 Å². The first-order chi connectivity index (χ1) is 15.3. The van der Waals surface area contributed by atoms with Gasteiger partial charge >= 0.3 is 6.09 Å². The number of benzene rings is 2. The standard InChI is InChI=1S/C23H29N3O5S/c1-3-5-9-16(4-2)15-31-23(28)26-20-13-12-18(32(24,29)30)14-19(20)25-22(27)21(26)17-10-7-6-8-11-17/h6-8,10-14,16,21H,3-5,9,15H2,1-2H3,(H,25,27)(H2,24,29,30). The Kier molecular flexibility index (Phi) is 7.52. The van der Waals surface area contributed by atoms with Gasteiger partial charge in [0.1, 0.15) is 6.04 Å². The third-order valence-electron chi connectivity index (χ3n) is 5.62. The van der Waals surface area contributed by atoms with Gasteiger partial charge in [-0.1, -0.05) is 63.4 Å². The fourth-order valence-corrected chi connectivity index (χ4v) is 4.30. The minimum Gasteiger partial charge on any atom is -0.449 e. The van der Waals surface area contributed by atoms with E-state index >= 15 is 0 Å². The lowest BCUT2D eigenvalue weighted by atomic mass is 10.00. The maximum atomic E-state index is 13.2. The Labute approximate surface area is 188 Å². The number of unbranched alkanes of at least 4 members (excludes halogenated alkanes) is 1. The van der Waals surface area contributed by atoms with Gasteiger partial charge in [-0.05, 0) is 36.1 Å². The smallest absolute Gasteiger partial charge is 0.415 e. The first-order valence-corrected chi connectivity index (χ1v) is 12.3. The molecule has 172 valence electrons. The van der Waals surface area contributed by atoms with Crippen LogP contribution in [0.3, 0.4) is 0 Å². The molecule has 2 aromatic carbocycles. The summed E-state index contributed by atoms with van der Waals surface area (Å²) in [5, 5.41) is 7.93. The average Bonchev–Trinajstić information content (AvgIpc) is 2.77. The number of carbonyl (C=O) groups is 2. The number of amides is 2. The van der Waals surface area contributed by atoms with Crippen molar-refractivity contribution in [2.24, 2.45) is 11.1 Å². The van der Waals surface area contributed by atoms with Gasteiger partial charge in [-0.3, -0.25) is 9.69 Å². The first kappa shape index (κ1) is 23.7. The van der Waals surface area contributed by atoms with Crippen LogP contribution in [0.5, 0.6) is 0 Å². The molecule has 32 heavy (non-hydrogen) atoms. The number of anilines is 2. The van der Waals surface area contributed by atoms with E-state index in [1.54, 1.807) is 24.3 Å². The van der Waals surface area contributed by atoms with Crippen molar-refractivity contribution in [3.63, 3.8) is 0 Å². The van der Waals surface area contributed by atoms with Gasteiger partial charge < -0.3 is 10.1 Å². The number of hydrogen-bond acceptors (Lipinski definition) is 5. The second-order valence-corrected chi connectivity index (χ2v) is 9.45. The molecule has 0 saturated carbocycles. The van der Waals surface area contributed by atoms with E-state index in [-0.39, 0.29) is 23.1 Å². The normalized spacial score (nSPS) is 16.8. The van der Waals surface area contributed by atoms with Crippen molar-refractivity contribution in [3.8, 4) is 0 Å². The Morgan fingerprint density at radius 2 is 1.91 bits per heavy atom. The maximum absolute atomic E-state index is 13.2. The average molecular weight is 460 g/mol. The summed E-state index contributed by atoms with van der Waals surface area (Å²) in [7, 11) is -3.98. The third-order valence-corrected chi connectivity index (χ3v) is 6.53. The molecule has 1 aliphatic rings. The van der Waals surface area contributed by atoms with Crippen LogP contribution in [0, 0.1) is 5.92 Å². The number of nitrogens with two attached hydrogens (primary N) is 1. The predicted octanol–water partition coefficient (Wildman–Crippen LogP) is 4.19. The molecule has 0 fully saturated rings. The van der Waals surface area contributed by atoms with Gasteiger partial charge in [-0.25, -0.2) is 18.4 Å². The molecule has 2 atom stereocenters. The highest BCUT2D eigenvalue weighted by atomic mass is 32.2. The molecule has 3 rings (SSSR count). The van der Waals surface area contributed by atoms with E-state index in [0.717, 1.165) is 25.7 Å². The number of sulfonamides is 1. The largest absolute Gasteiger partial charge is 0.449 e. The fourth-order valence-electron chi connectivity index (χ4n) is 3.76. The molecule has 2 unspecified atom stereocenters. The van der Waals surface area contributed by atoms with Gasteiger partial charge in [0, 0.05) is 0 Å². The van der Waals surface area contributed by atoms with Gasteiger partial charge in [0.15, 0.2) is 0 Å². The summed E-state index contributed by atoms with van der Waals surface area (Å²) in [6.45, 7) is 4.42. The highest BCUT2D eigenvalue weighted by molar-refractivity contribution is 7.89. The minimum atomic E-state index is -3.98. The molecule has 3 N–H and O–H groups in total. The number of carbonyl (C=O) groups excluding carboxylic acids is 2. The van der Waals surface area contributed by atoms with Gasteiger partial charge in [0.2, 0.25) is 10.0 Å². The molecule has 2 amide bonds. The van der Waals surface area contributed by atoms with Crippen molar-refractivity contribution < 1.29 is 22.7 Å². The lowest BCUT2D eigenvalue weighted by Gasteiger charge is -2.36. The van der Waals surface area contributed by atoms with E-state index in [9.17, 15) is 18.0 Å². The molecule has 0 bridgehead atoms. The van der Waals surface area contributed by atoms with Crippen molar-refractivity contribution >= 4 is 33.4 Å². The maximum Gasteiger partial charge on any atom is 0.415 e. The van der Waals surface area contributed by atoms with Crippen LogP contribution in [0.2, 0.25) is 0 Å². The highest BCUT2D eigenvalue weighted by Crippen LogP contribution is 2.40. The molecule has 2 aromatic rings. The van der Waals surface area contributed by atoms with Crippen LogP contribution in [0.4, 0.5) is 16.2 Å². The Morgan fingerprint density at radius 1 is 1.19 bits per heavy atom. The summed E-state index contributed by atoms with van der Waals surface area (Å²) in [6.07, 6.45) is 3.29. The zero-order valence-electron chi connectivity index (χ0n) is 18.3. The number of nitrogens with zero attached hydrogens (tertiary/aromatic N) is 1. The SMILES string of the molecule is CCCCC(CC)COC(=O)N1c2ccc(S(N)(=O)=O)cc2NC(=O)C1c1ccccc1. The summed E-state index contributed by atoms with van der Waals surface area (Å²) >= 11 is 0. The van der Waals surface area contributed by atoms with Crippen molar-refractivity contribution in [2.45, 2.75) is 50.5 Å². The van der Waals surface area contributed by atoms with Crippen molar-refractivity contribution in [2.75, 3.05) is 16.8 Å². The Balaban J connectivity index is 1.98. The Bertz CT molecular complexity index is 1070. The molecule has 0 aromatic heterocycles. The molecular formula is C23H29N3O5S. The zero-order chi connectivity index (χ0) is 23.3. The second-order valence-electron chi connectivity index (χ2n) is 7.89. The monoisotopic (exact) mass is 459 g/mol.